The molecule has 0 unspecified atom stereocenters. The molecule has 0 saturated carbocycles. The quantitative estimate of drug-likeness (QED) is 0.790. The molecule has 1 aliphatic carbocycles. The summed E-state index contributed by atoms with van der Waals surface area (Å²) in [6, 6.07) is 8.59. The number of carbonyl (C=O) groups excluding carboxylic acids is 1. The molecule has 0 aromatic heterocycles. The van der Waals surface area contributed by atoms with Gasteiger partial charge in [0.2, 0.25) is 0 Å². The molecule has 0 amide bonds. The number of rotatable bonds is 3. The topological polar surface area (TPSA) is 50.1 Å². The van der Waals surface area contributed by atoms with Crippen molar-refractivity contribution in [2.24, 2.45) is 0 Å². The highest BCUT2D eigenvalue weighted by molar-refractivity contribution is 7.98. The van der Waals surface area contributed by atoms with Gasteiger partial charge >= 0.3 is 0 Å². The molecule has 1 aliphatic rings. The first-order chi connectivity index (χ1) is 11.8. The second-order valence-electron chi connectivity index (χ2n) is 4.83. The van der Waals surface area contributed by atoms with Crippen LogP contribution in [0.15, 0.2) is 35.2 Å². The van der Waals surface area contributed by atoms with E-state index in [1.165, 1.54) is 12.1 Å². The standard InChI is InChI=1S/C17H12FNO2S/c1-22-16-5-4-15(13-2-3-14(20)17(13)16)21-12-7-10(9-19)6-11(18)8-12/h4-8H,2-3H2,1H3/i1D3. The summed E-state index contributed by atoms with van der Waals surface area (Å²) in [5, 5.41) is 8.91. The van der Waals surface area contributed by atoms with E-state index in [1.54, 1.807) is 6.07 Å². The monoisotopic (exact) mass is 316 g/mol. The van der Waals surface area contributed by atoms with Crippen molar-refractivity contribution in [3.63, 3.8) is 0 Å². The first-order valence-corrected chi connectivity index (χ1v) is 7.35. The predicted molar refractivity (Wildman–Crippen MR) is 82.1 cm³/mol. The van der Waals surface area contributed by atoms with E-state index in [9.17, 15) is 9.18 Å². The van der Waals surface area contributed by atoms with E-state index >= 15 is 0 Å². The second kappa shape index (κ2) is 5.82. The number of hydrogen-bond acceptors (Lipinski definition) is 4. The molecule has 2 aromatic rings. The van der Waals surface area contributed by atoms with Crippen LogP contribution >= 0.6 is 11.8 Å². The van der Waals surface area contributed by atoms with Crippen molar-refractivity contribution in [3.05, 3.63) is 52.8 Å². The fraction of sp³-hybridized carbons (Fsp3) is 0.176. The van der Waals surface area contributed by atoms with Crippen LogP contribution in [0, 0.1) is 17.1 Å². The van der Waals surface area contributed by atoms with Gasteiger partial charge in [0.1, 0.15) is 17.3 Å². The molecule has 3 rings (SSSR count). The lowest BCUT2D eigenvalue weighted by atomic mass is 10.1. The molecule has 0 radical (unpaired) electrons. The third-order valence-corrected chi connectivity index (χ3v) is 4.01. The van der Waals surface area contributed by atoms with Crippen molar-refractivity contribution >= 4 is 17.5 Å². The number of thioether (sulfide) groups is 1. The Morgan fingerprint density at radius 2 is 2.23 bits per heavy atom. The van der Waals surface area contributed by atoms with Crippen LogP contribution in [-0.2, 0) is 6.42 Å². The zero-order chi connectivity index (χ0) is 18.2. The number of ketones is 1. The number of nitriles is 1. The van der Waals surface area contributed by atoms with Crippen LogP contribution in [-0.4, -0.2) is 12.0 Å². The maximum Gasteiger partial charge on any atom is 0.164 e. The fourth-order valence-electron chi connectivity index (χ4n) is 2.52. The highest BCUT2D eigenvalue weighted by atomic mass is 32.2. The Morgan fingerprint density at radius 1 is 1.36 bits per heavy atom. The van der Waals surface area contributed by atoms with Crippen LogP contribution in [0.3, 0.4) is 0 Å². The third kappa shape index (κ3) is 2.58. The minimum Gasteiger partial charge on any atom is -0.457 e. The average Bonchev–Trinajstić information content (AvgIpc) is 2.90. The second-order valence-corrected chi connectivity index (χ2v) is 5.47. The summed E-state index contributed by atoms with van der Waals surface area (Å²) < 4.78 is 41.4. The van der Waals surface area contributed by atoms with Gasteiger partial charge in [-0.1, -0.05) is 0 Å². The largest absolute Gasteiger partial charge is 0.457 e. The number of carbonyl (C=O) groups is 1. The Bertz CT molecular complexity index is 906. The average molecular weight is 316 g/mol. The smallest absolute Gasteiger partial charge is 0.164 e. The Balaban J connectivity index is 2.01. The molecule has 5 heteroatoms. The summed E-state index contributed by atoms with van der Waals surface area (Å²) in [7, 11) is 0. The predicted octanol–water partition coefficient (Wildman–Crippen LogP) is 4.34. The molecule has 0 spiro atoms. The van der Waals surface area contributed by atoms with Gasteiger partial charge < -0.3 is 4.74 Å². The van der Waals surface area contributed by atoms with E-state index < -0.39 is 12.0 Å². The van der Waals surface area contributed by atoms with Crippen molar-refractivity contribution in [2.45, 2.75) is 17.7 Å². The van der Waals surface area contributed by atoms with Gasteiger partial charge in [0.25, 0.3) is 0 Å². The molecule has 0 bridgehead atoms. The molecule has 0 heterocycles. The van der Waals surface area contributed by atoms with E-state index in [0.717, 1.165) is 12.1 Å². The van der Waals surface area contributed by atoms with Gasteiger partial charge in [-0.2, -0.15) is 5.26 Å². The number of halogens is 1. The number of hydrogen-bond donors (Lipinski definition) is 0. The maximum atomic E-state index is 13.6. The highest BCUT2D eigenvalue weighted by Crippen LogP contribution is 2.38. The SMILES string of the molecule is [2H]C([2H])([2H])Sc1ccc(Oc2cc(F)cc(C#N)c2)c2c1C(=O)CC2. The minimum absolute atomic E-state index is 0.122. The summed E-state index contributed by atoms with van der Waals surface area (Å²) in [5.74, 6) is -0.222. The van der Waals surface area contributed by atoms with Gasteiger partial charge in [-0.05, 0) is 36.9 Å². The highest BCUT2D eigenvalue weighted by Gasteiger charge is 2.26. The first kappa shape index (κ1) is 11.3. The summed E-state index contributed by atoms with van der Waals surface area (Å²) in [6.07, 6.45) is -1.56. The maximum absolute atomic E-state index is 13.6. The van der Waals surface area contributed by atoms with Crippen molar-refractivity contribution < 1.29 is 18.0 Å². The number of benzene rings is 2. The van der Waals surface area contributed by atoms with Gasteiger partial charge in [0, 0.05) is 32.6 Å². The molecule has 3 nitrogen and oxygen atoms in total. The molecular formula is C17H12FNO2S. The van der Waals surface area contributed by atoms with Gasteiger partial charge in [0.15, 0.2) is 5.78 Å². The molecule has 0 aliphatic heterocycles. The van der Waals surface area contributed by atoms with E-state index in [4.69, 9.17) is 14.1 Å². The fourth-order valence-corrected chi connectivity index (χ4v) is 2.99. The Hall–Kier alpha value is -2.32. The van der Waals surface area contributed by atoms with Gasteiger partial charge in [0.05, 0.1) is 11.6 Å². The van der Waals surface area contributed by atoms with E-state index in [0.29, 0.717) is 40.0 Å². The van der Waals surface area contributed by atoms with Gasteiger partial charge in [-0.3, -0.25) is 4.79 Å². The van der Waals surface area contributed by atoms with E-state index in [2.05, 4.69) is 0 Å². The lowest BCUT2D eigenvalue weighted by molar-refractivity contribution is 0.0992. The van der Waals surface area contributed by atoms with Crippen LogP contribution in [0.4, 0.5) is 4.39 Å². The normalized spacial score (nSPS) is 15.5. The van der Waals surface area contributed by atoms with E-state index in [-0.39, 0.29) is 23.5 Å². The van der Waals surface area contributed by atoms with Gasteiger partial charge in [-0.15, -0.1) is 11.8 Å². The zero-order valence-corrected chi connectivity index (χ0v) is 12.2. The van der Waals surface area contributed by atoms with Crippen LogP contribution in [0.25, 0.3) is 0 Å². The molecule has 22 heavy (non-hydrogen) atoms. The first-order valence-electron chi connectivity index (χ1n) is 8.03. The lowest BCUT2D eigenvalue weighted by Crippen LogP contribution is -1.97. The van der Waals surface area contributed by atoms with Crippen molar-refractivity contribution in [3.8, 4) is 17.6 Å². The molecule has 110 valence electrons. The molecule has 0 N–H and O–H groups in total. The number of ether oxygens (including phenoxy) is 1. The zero-order valence-electron chi connectivity index (χ0n) is 14.4. The molecular weight excluding hydrogens is 301 g/mol. The van der Waals surface area contributed by atoms with Crippen LogP contribution in [0.2, 0.25) is 0 Å². The summed E-state index contributed by atoms with van der Waals surface area (Å²) in [4.78, 5) is 12.6. The van der Waals surface area contributed by atoms with E-state index in [1.807, 2.05) is 6.07 Å². The molecule has 0 atom stereocenters. The Morgan fingerprint density at radius 3 is 3.00 bits per heavy atom. The van der Waals surface area contributed by atoms with Crippen LogP contribution in [0.5, 0.6) is 11.5 Å². The number of fused-ring (bicyclic) bond motifs is 1. The van der Waals surface area contributed by atoms with Crippen molar-refractivity contribution in [1.29, 1.82) is 5.26 Å². The van der Waals surface area contributed by atoms with Gasteiger partial charge in [-0.25, -0.2) is 4.39 Å². The minimum atomic E-state index is -2.26. The summed E-state index contributed by atoms with van der Waals surface area (Å²) >= 11 is 0.654. The molecule has 2 aromatic carbocycles. The lowest BCUT2D eigenvalue weighted by Gasteiger charge is -2.12. The molecule has 0 saturated heterocycles. The number of nitrogens with zero attached hydrogens (tertiary/aromatic N) is 1. The van der Waals surface area contributed by atoms with Crippen molar-refractivity contribution in [2.75, 3.05) is 6.18 Å². The Labute approximate surface area is 135 Å². The number of Topliss-reactive ketones (excluding diaryl/α,β-unsaturated/α-hetero) is 1. The summed E-state index contributed by atoms with van der Waals surface area (Å²) in [6.45, 7) is 0. The third-order valence-electron chi connectivity index (χ3n) is 3.45. The molecule has 0 fully saturated rings. The Kier molecular flexibility index (Phi) is 2.98. The van der Waals surface area contributed by atoms with Crippen LogP contribution < -0.4 is 4.74 Å². The van der Waals surface area contributed by atoms with Crippen LogP contribution in [0.1, 0.15) is 32.0 Å². The van der Waals surface area contributed by atoms with Crippen molar-refractivity contribution in [1.82, 2.24) is 0 Å². The summed E-state index contributed by atoms with van der Waals surface area (Å²) in [5.41, 5.74) is 1.09.